The molecule has 20 heavy (non-hydrogen) atoms. The average Bonchev–Trinajstić information content (AvgIpc) is 3.02. The number of benzene rings is 1. The Morgan fingerprint density at radius 2 is 1.95 bits per heavy atom. The van der Waals surface area contributed by atoms with Crippen molar-refractivity contribution in [1.82, 2.24) is 10.6 Å². The number of hydrogen-bond acceptors (Lipinski definition) is 3. The lowest BCUT2D eigenvalue weighted by Gasteiger charge is -2.30. The summed E-state index contributed by atoms with van der Waals surface area (Å²) in [6.07, 6.45) is 4.65. The number of carbonyl (C=O) groups excluding carboxylic acids is 1. The van der Waals surface area contributed by atoms with Crippen LogP contribution in [0.4, 0.5) is 0 Å². The third kappa shape index (κ3) is 2.08. The van der Waals surface area contributed by atoms with Crippen molar-refractivity contribution in [2.24, 2.45) is 0 Å². The lowest BCUT2D eigenvalue weighted by molar-refractivity contribution is -0.123. The van der Waals surface area contributed by atoms with Crippen molar-refractivity contribution < 1.29 is 9.53 Å². The number of amides is 1. The van der Waals surface area contributed by atoms with E-state index in [1.54, 1.807) is 0 Å². The fourth-order valence-electron chi connectivity index (χ4n) is 3.86. The molecule has 3 heterocycles. The normalized spacial score (nSPS) is 34.4. The number of fused-ring (bicyclic) bond motifs is 3. The van der Waals surface area contributed by atoms with E-state index in [1.165, 1.54) is 12.8 Å². The lowest BCUT2D eigenvalue weighted by Crippen LogP contribution is -2.49. The SMILES string of the molecule is O=C(NC1CC2CCC(C1)N2)C1COc2ccccc21. The number of nitrogens with one attached hydrogen (secondary N) is 2. The van der Waals surface area contributed by atoms with Gasteiger partial charge in [0.05, 0.1) is 0 Å². The first-order chi connectivity index (χ1) is 9.79. The molecule has 1 aromatic rings. The summed E-state index contributed by atoms with van der Waals surface area (Å²) in [6, 6.07) is 9.39. The summed E-state index contributed by atoms with van der Waals surface area (Å²) in [5, 5.41) is 6.85. The first-order valence-corrected chi connectivity index (χ1v) is 7.58. The van der Waals surface area contributed by atoms with Crippen LogP contribution in [0.3, 0.4) is 0 Å². The maximum absolute atomic E-state index is 12.5. The molecule has 3 aliphatic heterocycles. The summed E-state index contributed by atoms with van der Waals surface area (Å²) in [5.41, 5.74) is 1.03. The van der Waals surface area contributed by atoms with Gasteiger partial charge in [-0.1, -0.05) is 18.2 Å². The van der Waals surface area contributed by atoms with Crippen LogP contribution in [0.5, 0.6) is 5.75 Å². The molecule has 2 fully saturated rings. The van der Waals surface area contributed by atoms with E-state index >= 15 is 0 Å². The maximum Gasteiger partial charge on any atom is 0.231 e. The minimum absolute atomic E-state index is 0.126. The molecule has 2 N–H and O–H groups in total. The van der Waals surface area contributed by atoms with Crippen LogP contribution < -0.4 is 15.4 Å². The standard InChI is InChI=1S/C16H20N2O2/c19-16(14-9-20-15-4-2-1-3-13(14)15)18-12-7-10-5-6-11(8-12)17-10/h1-4,10-12,14,17H,5-9H2,(H,18,19). The molecule has 3 unspecified atom stereocenters. The Morgan fingerprint density at radius 1 is 1.20 bits per heavy atom. The number of ether oxygens (including phenoxy) is 1. The van der Waals surface area contributed by atoms with Gasteiger partial charge in [-0.3, -0.25) is 4.79 Å². The Balaban J connectivity index is 1.44. The van der Waals surface area contributed by atoms with Gasteiger partial charge in [0.25, 0.3) is 0 Å². The molecule has 4 nitrogen and oxygen atoms in total. The Hall–Kier alpha value is -1.55. The monoisotopic (exact) mass is 272 g/mol. The van der Waals surface area contributed by atoms with Crippen LogP contribution in [0, 0.1) is 0 Å². The minimum Gasteiger partial charge on any atom is -0.492 e. The van der Waals surface area contributed by atoms with E-state index in [2.05, 4.69) is 10.6 Å². The molecule has 3 aliphatic rings. The average molecular weight is 272 g/mol. The Kier molecular flexibility index (Phi) is 2.91. The van der Waals surface area contributed by atoms with Gasteiger partial charge < -0.3 is 15.4 Å². The highest BCUT2D eigenvalue weighted by Gasteiger charge is 2.36. The first-order valence-electron chi connectivity index (χ1n) is 7.58. The fourth-order valence-corrected chi connectivity index (χ4v) is 3.86. The van der Waals surface area contributed by atoms with Crippen LogP contribution in [0.2, 0.25) is 0 Å². The summed E-state index contributed by atoms with van der Waals surface area (Å²) in [5.74, 6) is 0.845. The fraction of sp³-hybridized carbons (Fsp3) is 0.562. The molecular formula is C16H20N2O2. The highest BCUT2D eigenvalue weighted by atomic mass is 16.5. The van der Waals surface area contributed by atoms with Gasteiger partial charge in [-0.25, -0.2) is 0 Å². The molecule has 4 heteroatoms. The molecular weight excluding hydrogens is 252 g/mol. The van der Waals surface area contributed by atoms with Crippen molar-refractivity contribution >= 4 is 5.91 Å². The van der Waals surface area contributed by atoms with Crippen LogP contribution in [0.15, 0.2) is 24.3 Å². The van der Waals surface area contributed by atoms with E-state index < -0.39 is 0 Å². The van der Waals surface area contributed by atoms with Gasteiger partial charge in [-0.15, -0.1) is 0 Å². The summed E-state index contributed by atoms with van der Waals surface area (Å²) >= 11 is 0. The maximum atomic E-state index is 12.5. The van der Waals surface area contributed by atoms with Gasteiger partial charge in [0, 0.05) is 23.7 Å². The van der Waals surface area contributed by atoms with Crippen molar-refractivity contribution in [1.29, 1.82) is 0 Å². The van der Waals surface area contributed by atoms with Crippen LogP contribution in [-0.4, -0.2) is 30.6 Å². The number of para-hydroxylation sites is 1. The van der Waals surface area contributed by atoms with Gasteiger partial charge in [0.2, 0.25) is 5.91 Å². The zero-order valence-corrected chi connectivity index (χ0v) is 11.5. The second-order valence-corrected chi connectivity index (χ2v) is 6.22. The molecule has 0 saturated carbocycles. The summed E-state index contributed by atoms with van der Waals surface area (Å²) in [4.78, 5) is 12.5. The quantitative estimate of drug-likeness (QED) is 0.859. The van der Waals surface area contributed by atoms with Crippen molar-refractivity contribution in [3.05, 3.63) is 29.8 Å². The van der Waals surface area contributed by atoms with Gasteiger partial charge in [-0.2, -0.15) is 0 Å². The third-order valence-electron chi connectivity index (χ3n) is 4.84. The smallest absolute Gasteiger partial charge is 0.231 e. The highest BCUT2D eigenvalue weighted by Crippen LogP contribution is 2.34. The van der Waals surface area contributed by atoms with Gasteiger partial charge in [0.15, 0.2) is 0 Å². The van der Waals surface area contributed by atoms with Crippen LogP contribution in [0.25, 0.3) is 0 Å². The van der Waals surface area contributed by atoms with Crippen molar-refractivity contribution in [2.45, 2.75) is 49.7 Å². The second-order valence-electron chi connectivity index (χ2n) is 6.22. The highest BCUT2D eigenvalue weighted by molar-refractivity contribution is 5.85. The van der Waals surface area contributed by atoms with Crippen molar-refractivity contribution in [3.8, 4) is 5.75 Å². The topological polar surface area (TPSA) is 50.4 Å². The van der Waals surface area contributed by atoms with E-state index in [-0.39, 0.29) is 11.8 Å². The van der Waals surface area contributed by atoms with Crippen LogP contribution in [-0.2, 0) is 4.79 Å². The molecule has 2 bridgehead atoms. The summed E-state index contributed by atoms with van der Waals surface area (Å²) < 4.78 is 5.60. The molecule has 3 atom stereocenters. The number of piperidine rings is 1. The molecule has 0 radical (unpaired) electrons. The molecule has 0 spiro atoms. The zero-order chi connectivity index (χ0) is 13.5. The van der Waals surface area contributed by atoms with E-state index in [4.69, 9.17) is 4.74 Å². The lowest BCUT2D eigenvalue weighted by atomic mass is 9.96. The van der Waals surface area contributed by atoms with E-state index in [1.807, 2.05) is 24.3 Å². The molecule has 106 valence electrons. The van der Waals surface area contributed by atoms with Crippen LogP contribution >= 0.6 is 0 Å². The predicted molar refractivity (Wildman–Crippen MR) is 75.8 cm³/mol. The largest absolute Gasteiger partial charge is 0.492 e. The Bertz CT molecular complexity index is 519. The van der Waals surface area contributed by atoms with E-state index in [9.17, 15) is 4.79 Å². The summed E-state index contributed by atoms with van der Waals surface area (Å²) in [6.45, 7) is 0.475. The second kappa shape index (κ2) is 4.77. The van der Waals surface area contributed by atoms with E-state index in [0.29, 0.717) is 24.7 Å². The number of hydrogen-bond donors (Lipinski definition) is 2. The first kappa shape index (κ1) is 12.2. The predicted octanol–water partition coefficient (Wildman–Crippen LogP) is 1.56. The zero-order valence-electron chi connectivity index (χ0n) is 11.5. The van der Waals surface area contributed by atoms with Crippen LogP contribution in [0.1, 0.15) is 37.2 Å². The molecule has 1 aromatic carbocycles. The Labute approximate surface area is 118 Å². The molecule has 4 rings (SSSR count). The molecule has 0 aliphatic carbocycles. The van der Waals surface area contributed by atoms with Crippen molar-refractivity contribution in [2.75, 3.05) is 6.61 Å². The van der Waals surface area contributed by atoms with E-state index in [0.717, 1.165) is 24.2 Å². The molecule has 2 saturated heterocycles. The van der Waals surface area contributed by atoms with Gasteiger partial charge in [-0.05, 0) is 31.7 Å². The Morgan fingerprint density at radius 3 is 2.75 bits per heavy atom. The van der Waals surface area contributed by atoms with Gasteiger partial charge >= 0.3 is 0 Å². The number of rotatable bonds is 2. The third-order valence-corrected chi connectivity index (χ3v) is 4.84. The van der Waals surface area contributed by atoms with Crippen molar-refractivity contribution in [3.63, 3.8) is 0 Å². The summed E-state index contributed by atoms with van der Waals surface area (Å²) in [7, 11) is 0. The van der Waals surface area contributed by atoms with Gasteiger partial charge in [0.1, 0.15) is 18.3 Å². The number of carbonyl (C=O) groups is 1. The molecule has 0 aromatic heterocycles. The minimum atomic E-state index is -0.140. The molecule has 1 amide bonds.